The van der Waals surface area contributed by atoms with Gasteiger partial charge in [-0.05, 0) is 70.3 Å². The summed E-state index contributed by atoms with van der Waals surface area (Å²) in [6, 6.07) is 21.0. The van der Waals surface area contributed by atoms with Crippen molar-refractivity contribution in [3.05, 3.63) is 89.3 Å². The quantitative estimate of drug-likeness (QED) is 0.213. The molecule has 7 rings (SSSR count). The van der Waals surface area contributed by atoms with Gasteiger partial charge >= 0.3 is 0 Å². The summed E-state index contributed by atoms with van der Waals surface area (Å²) in [5.74, 6) is 0. The van der Waals surface area contributed by atoms with Gasteiger partial charge in [0.15, 0.2) is 0 Å². The van der Waals surface area contributed by atoms with E-state index in [2.05, 4.69) is 123 Å². The van der Waals surface area contributed by atoms with Crippen molar-refractivity contribution in [1.82, 2.24) is 4.57 Å². The number of hydrogen-bond donors (Lipinski definition) is 0. The van der Waals surface area contributed by atoms with E-state index in [1.165, 1.54) is 48.5 Å². The molecular weight excluding hydrogens is 457 g/mol. The number of allylic oxidation sites excluding steroid dienone is 4. The first-order chi connectivity index (χ1) is 16.9. The predicted molar refractivity (Wildman–Crippen MR) is 160 cm³/mol. The minimum atomic E-state index is -1.78. The predicted octanol–water partition coefficient (Wildman–Crippen LogP) is 6.76. The second-order valence-electron chi connectivity index (χ2n) is 11.0. The Bertz CT molecular complexity index is 1750. The smallest absolute Gasteiger partial charge is 0.228 e. The van der Waals surface area contributed by atoms with Gasteiger partial charge in [-0.1, -0.05) is 85.0 Å². The van der Waals surface area contributed by atoms with Crippen LogP contribution in [0.5, 0.6) is 0 Å². The van der Waals surface area contributed by atoms with E-state index in [0.717, 1.165) is 6.32 Å². The third kappa shape index (κ3) is 2.81. The zero-order chi connectivity index (χ0) is 24.1. The molecule has 0 saturated carbocycles. The Kier molecular flexibility index (Phi) is 4.51. The SMILES string of the molecule is Cc1c(C)n2c3c(cc4ccccc4c13)B1C/C(=C\C=C/C2C)[Si](C)(C)c2c1sc1ccccc21. The normalized spacial score (nSPS) is 21.2. The Labute approximate surface area is 212 Å². The number of fused-ring (bicyclic) bond motifs is 9. The first-order valence-electron chi connectivity index (χ1n) is 12.8. The minimum absolute atomic E-state index is 0.313. The van der Waals surface area contributed by atoms with Gasteiger partial charge in [-0.3, -0.25) is 0 Å². The fourth-order valence-electron chi connectivity index (χ4n) is 6.93. The summed E-state index contributed by atoms with van der Waals surface area (Å²) >= 11 is 2.05. The topological polar surface area (TPSA) is 4.93 Å². The maximum atomic E-state index is 2.62. The monoisotopic (exact) mass is 487 g/mol. The summed E-state index contributed by atoms with van der Waals surface area (Å²) in [6.45, 7) is 12.5. The van der Waals surface area contributed by atoms with Crippen LogP contribution in [0.4, 0.5) is 0 Å². The molecule has 0 saturated heterocycles. The number of thiophene rings is 1. The lowest BCUT2D eigenvalue weighted by atomic mass is 9.41. The van der Waals surface area contributed by atoms with Crippen molar-refractivity contribution in [3.8, 4) is 0 Å². The summed E-state index contributed by atoms with van der Waals surface area (Å²) in [5.41, 5.74) is 5.78. The van der Waals surface area contributed by atoms with Crippen LogP contribution in [0.25, 0.3) is 31.8 Å². The van der Waals surface area contributed by atoms with Gasteiger partial charge in [0.05, 0.1) is 0 Å². The van der Waals surface area contributed by atoms with E-state index in [-0.39, 0.29) is 0 Å². The van der Waals surface area contributed by atoms with Crippen molar-refractivity contribution < 1.29 is 0 Å². The lowest BCUT2D eigenvalue weighted by Crippen LogP contribution is -2.62. The molecule has 1 unspecified atom stereocenters. The Morgan fingerprint density at radius 2 is 1.74 bits per heavy atom. The Hall–Kier alpha value is -2.82. The number of benzene rings is 3. The maximum absolute atomic E-state index is 2.62. The number of aryl methyl sites for hydroxylation is 1. The van der Waals surface area contributed by atoms with E-state index in [4.69, 9.17) is 0 Å². The lowest BCUT2D eigenvalue weighted by molar-refractivity contribution is 0.667. The molecule has 0 radical (unpaired) electrons. The van der Waals surface area contributed by atoms with Crippen LogP contribution in [-0.4, -0.2) is 19.4 Å². The number of nitrogens with zero attached hydrogens (tertiary/aromatic N) is 1. The molecule has 0 aliphatic carbocycles. The van der Waals surface area contributed by atoms with Gasteiger partial charge in [0.1, 0.15) is 8.07 Å². The van der Waals surface area contributed by atoms with Crippen molar-refractivity contribution in [1.29, 1.82) is 0 Å². The van der Waals surface area contributed by atoms with Gasteiger partial charge in [-0.25, -0.2) is 0 Å². The van der Waals surface area contributed by atoms with E-state index < -0.39 is 8.07 Å². The summed E-state index contributed by atoms with van der Waals surface area (Å²) in [7, 11) is -1.78. The third-order valence-electron chi connectivity index (χ3n) is 8.83. The highest BCUT2D eigenvalue weighted by Gasteiger charge is 2.44. The standard InChI is InChI=1S/C31H30BNSSi/c1-19-11-10-13-23-18-32(31-30(35(23,4)5)25-15-8-9-16-27(25)34-31)26-17-22-12-6-7-14-24(22)28-20(2)21(3)33(19)29(26)28/h6-17,19H,18H2,1-5H3/b11-10-,23-13+. The zero-order valence-corrected chi connectivity index (χ0v) is 23.0. The highest BCUT2D eigenvalue weighted by Crippen LogP contribution is 2.37. The van der Waals surface area contributed by atoms with Crippen LogP contribution in [0.15, 0.2) is 78.0 Å². The first-order valence-corrected chi connectivity index (χ1v) is 16.6. The average molecular weight is 488 g/mol. The average Bonchev–Trinajstić information content (AvgIpc) is 3.36. The zero-order valence-electron chi connectivity index (χ0n) is 21.1. The molecule has 5 aromatic rings. The molecule has 172 valence electrons. The summed E-state index contributed by atoms with van der Waals surface area (Å²) in [6.07, 6.45) is 8.39. The second kappa shape index (κ2) is 7.35. The highest BCUT2D eigenvalue weighted by atomic mass is 32.1. The van der Waals surface area contributed by atoms with Crippen LogP contribution in [0.2, 0.25) is 19.4 Å². The molecule has 0 amide bonds. The molecule has 3 aromatic carbocycles. The maximum Gasteiger partial charge on any atom is 0.228 e. The van der Waals surface area contributed by atoms with Crippen LogP contribution in [0.1, 0.15) is 24.2 Å². The highest BCUT2D eigenvalue weighted by molar-refractivity contribution is 7.34. The number of hydrogen-bond acceptors (Lipinski definition) is 1. The molecule has 0 N–H and O–H groups in total. The van der Waals surface area contributed by atoms with Crippen LogP contribution in [0, 0.1) is 13.8 Å². The molecule has 1 nitrogen and oxygen atoms in total. The van der Waals surface area contributed by atoms with E-state index in [0.29, 0.717) is 12.8 Å². The van der Waals surface area contributed by atoms with Gasteiger partial charge in [0.2, 0.25) is 6.71 Å². The molecule has 2 aliphatic rings. The minimum Gasteiger partial charge on any atom is -0.338 e. The molecule has 4 heteroatoms. The Morgan fingerprint density at radius 3 is 2.57 bits per heavy atom. The second-order valence-corrected chi connectivity index (χ2v) is 16.5. The van der Waals surface area contributed by atoms with Crippen molar-refractivity contribution >= 4 is 73.3 Å². The Balaban J connectivity index is 1.69. The lowest BCUT2D eigenvalue weighted by Gasteiger charge is -2.36. The van der Waals surface area contributed by atoms with Crippen LogP contribution < -0.4 is 15.4 Å². The molecular formula is C31H30BNSSi. The van der Waals surface area contributed by atoms with E-state index in [9.17, 15) is 0 Å². The van der Waals surface area contributed by atoms with E-state index in [1.54, 1.807) is 15.2 Å². The largest absolute Gasteiger partial charge is 0.338 e. The van der Waals surface area contributed by atoms with Gasteiger partial charge in [-0.15, -0.1) is 11.3 Å². The fraction of sp³-hybridized carbons (Fsp3) is 0.226. The molecule has 2 aliphatic heterocycles. The van der Waals surface area contributed by atoms with Crippen LogP contribution >= 0.6 is 11.3 Å². The van der Waals surface area contributed by atoms with Crippen molar-refractivity contribution in [2.75, 3.05) is 0 Å². The summed E-state index contributed by atoms with van der Waals surface area (Å²) < 4.78 is 5.69. The summed E-state index contributed by atoms with van der Waals surface area (Å²) in [4.78, 5) is 0. The fourth-order valence-corrected chi connectivity index (χ4v) is 12.4. The van der Waals surface area contributed by atoms with Crippen molar-refractivity contribution in [2.45, 2.75) is 46.2 Å². The van der Waals surface area contributed by atoms with Gasteiger partial charge in [0, 0.05) is 27.3 Å². The molecule has 1 atom stereocenters. The number of rotatable bonds is 0. The van der Waals surface area contributed by atoms with Crippen LogP contribution in [0.3, 0.4) is 0 Å². The van der Waals surface area contributed by atoms with E-state index in [1.807, 2.05) is 0 Å². The molecule has 2 bridgehead atoms. The van der Waals surface area contributed by atoms with Crippen LogP contribution in [-0.2, 0) is 0 Å². The first kappa shape index (κ1) is 21.5. The molecule has 0 spiro atoms. The van der Waals surface area contributed by atoms with Crippen molar-refractivity contribution in [2.24, 2.45) is 0 Å². The molecule has 4 heterocycles. The number of aromatic nitrogens is 1. The third-order valence-corrected chi connectivity index (χ3v) is 14.1. The Morgan fingerprint density at radius 1 is 1.00 bits per heavy atom. The summed E-state index contributed by atoms with van der Waals surface area (Å²) in [5, 5.41) is 9.05. The van der Waals surface area contributed by atoms with Gasteiger partial charge in [-0.2, -0.15) is 0 Å². The van der Waals surface area contributed by atoms with Gasteiger partial charge in [0.25, 0.3) is 0 Å². The van der Waals surface area contributed by atoms with Gasteiger partial charge < -0.3 is 4.57 Å². The van der Waals surface area contributed by atoms with E-state index >= 15 is 0 Å². The molecule has 2 aromatic heterocycles. The van der Waals surface area contributed by atoms with Crippen molar-refractivity contribution in [3.63, 3.8) is 0 Å². The molecule has 35 heavy (non-hydrogen) atoms. The molecule has 0 fully saturated rings.